The van der Waals surface area contributed by atoms with E-state index in [0.29, 0.717) is 5.76 Å². The lowest BCUT2D eigenvalue weighted by atomic mass is 9.97. The maximum atomic E-state index is 12.8. The predicted molar refractivity (Wildman–Crippen MR) is 111 cm³/mol. The molecule has 1 saturated heterocycles. The number of nitrogens with zero attached hydrogens (tertiary/aromatic N) is 1. The van der Waals surface area contributed by atoms with Gasteiger partial charge in [-0.1, -0.05) is 18.2 Å². The van der Waals surface area contributed by atoms with Gasteiger partial charge >= 0.3 is 0 Å². The van der Waals surface area contributed by atoms with Crippen molar-refractivity contribution in [3.8, 4) is 22.5 Å². The average molecular weight is 416 g/mol. The van der Waals surface area contributed by atoms with Gasteiger partial charge in [0.2, 0.25) is 0 Å². The molecule has 8 heteroatoms. The predicted octanol–water partition coefficient (Wildman–Crippen LogP) is 4.06. The molecule has 0 radical (unpaired) electrons. The number of amidine groups is 1. The summed E-state index contributed by atoms with van der Waals surface area (Å²) in [4.78, 5) is 4.84. The molecule has 1 atom stereocenters. The Hall–Kier alpha value is -2.45. The van der Waals surface area contributed by atoms with Crippen molar-refractivity contribution >= 4 is 27.0 Å². The van der Waals surface area contributed by atoms with Crippen LogP contribution in [0.3, 0.4) is 0 Å². The second kappa shape index (κ2) is 6.28. The van der Waals surface area contributed by atoms with E-state index < -0.39 is 20.1 Å². The second-order valence-corrected chi connectivity index (χ2v) is 11.2. The van der Waals surface area contributed by atoms with Gasteiger partial charge in [0.15, 0.2) is 22.0 Å². The van der Waals surface area contributed by atoms with E-state index >= 15 is 0 Å². The quantitative estimate of drug-likeness (QED) is 0.672. The maximum absolute atomic E-state index is 12.8. The smallest absolute Gasteiger partial charge is 0.181 e. The molecule has 2 aromatic heterocycles. The van der Waals surface area contributed by atoms with Crippen LogP contribution < -0.4 is 5.32 Å². The Morgan fingerprint density at radius 2 is 1.93 bits per heavy atom. The third kappa shape index (κ3) is 2.97. The summed E-state index contributed by atoms with van der Waals surface area (Å²) >= 11 is 1.50. The first kappa shape index (κ1) is 18.9. The van der Waals surface area contributed by atoms with Crippen molar-refractivity contribution in [3.63, 3.8) is 0 Å². The summed E-state index contributed by atoms with van der Waals surface area (Å²) in [6.07, 6.45) is 3.07. The van der Waals surface area contributed by atoms with Crippen molar-refractivity contribution in [2.45, 2.75) is 31.1 Å². The highest BCUT2D eigenvalue weighted by Gasteiger charge is 2.50. The molecule has 0 spiro atoms. The normalized spacial score (nSPS) is 23.3. The molecule has 4 rings (SSSR count). The monoisotopic (exact) mass is 415 g/mol. The lowest BCUT2D eigenvalue weighted by Crippen LogP contribution is -2.63. The van der Waals surface area contributed by atoms with Gasteiger partial charge in [-0.3, -0.25) is 5.41 Å². The third-order valence-electron chi connectivity index (χ3n) is 5.32. The van der Waals surface area contributed by atoms with Crippen LogP contribution in [0.4, 0.5) is 0 Å². The van der Waals surface area contributed by atoms with Crippen LogP contribution in [0, 0.1) is 5.41 Å². The third-order valence-corrected chi connectivity index (χ3v) is 9.23. The van der Waals surface area contributed by atoms with Crippen LogP contribution in [0.2, 0.25) is 0 Å². The Balaban J connectivity index is 1.69. The minimum Gasteiger partial charge on any atom is -0.444 e. The Labute approximate surface area is 168 Å². The SMILES string of the molecule is CC1(C)C(=N)N[C@](C)(c2cc(-c3cccc(-c4cnco4)c3)cs2)CS1(=O)=O. The minimum absolute atomic E-state index is 0.0310. The van der Waals surface area contributed by atoms with Gasteiger partial charge in [-0.15, -0.1) is 11.3 Å². The number of sulfone groups is 1. The molecule has 3 heterocycles. The van der Waals surface area contributed by atoms with Crippen LogP contribution in [0.15, 0.2) is 52.7 Å². The summed E-state index contributed by atoms with van der Waals surface area (Å²) in [6, 6.07) is 9.93. The average Bonchev–Trinajstić information content (AvgIpc) is 3.32. The fourth-order valence-corrected chi connectivity index (χ4v) is 6.14. The number of aromatic nitrogens is 1. The van der Waals surface area contributed by atoms with E-state index in [-0.39, 0.29) is 11.6 Å². The summed E-state index contributed by atoms with van der Waals surface area (Å²) in [5.41, 5.74) is 2.11. The van der Waals surface area contributed by atoms with Gasteiger partial charge in [0, 0.05) is 10.4 Å². The summed E-state index contributed by atoms with van der Waals surface area (Å²) in [7, 11) is -3.46. The van der Waals surface area contributed by atoms with E-state index in [1.54, 1.807) is 20.0 Å². The van der Waals surface area contributed by atoms with Gasteiger partial charge in [0.1, 0.15) is 10.6 Å². The van der Waals surface area contributed by atoms with Crippen molar-refractivity contribution in [1.29, 1.82) is 5.41 Å². The standard InChI is InChI=1S/C20H21N3O3S2/c1-19(2)18(21)23-20(3,11-28(19,24)25)17-8-15(10-27-17)13-5-4-6-14(7-13)16-9-22-12-26-16/h4-10,12H,11H2,1-3H3,(H2,21,23)/t20-/m0/s1. The molecule has 1 aliphatic rings. The molecule has 3 aromatic rings. The number of hydrogen-bond donors (Lipinski definition) is 2. The van der Waals surface area contributed by atoms with Crippen LogP contribution >= 0.6 is 11.3 Å². The molecule has 0 saturated carbocycles. The van der Waals surface area contributed by atoms with Gasteiger partial charge < -0.3 is 9.73 Å². The molecule has 6 nitrogen and oxygen atoms in total. The highest BCUT2D eigenvalue weighted by Crippen LogP contribution is 2.39. The lowest BCUT2D eigenvalue weighted by Gasteiger charge is -2.42. The van der Waals surface area contributed by atoms with Gasteiger partial charge in [-0.2, -0.15) is 0 Å². The Morgan fingerprint density at radius 3 is 2.61 bits per heavy atom. The van der Waals surface area contributed by atoms with Crippen LogP contribution in [-0.2, 0) is 15.4 Å². The highest BCUT2D eigenvalue weighted by atomic mass is 32.2. The molecular weight excluding hydrogens is 394 g/mol. The van der Waals surface area contributed by atoms with Gasteiger partial charge in [0.25, 0.3) is 0 Å². The number of nitrogens with one attached hydrogen (secondary N) is 2. The Kier molecular flexibility index (Phi) is 4.24. The Morgan fingerprint density at radius 1 is 1.18 bits per heavy atom. The fourth-order valence-electron chi connectivity index (χ4n) is 3.30. The maximum Gasteiger partial charge on any atom is 0.181 e. The van der Waals surface area contributed by atoms with Crippen LogP contribution in [0.1, 0.15) is 25.6 Å². The van der Waals surface area contributed by atoms with E-state index in [9.17, 15) is 8.42 Å². The van der Waals surface area contributed by atoms with Gasteiger partial charge in [0.05, 0.1) is 17.5 Å². The number of rotatable bonds is 3. The van der Waals surface area contributed by atoms with Crippen molar-refractivity contribution in [1.82, 2.24) is 10.3 Å². The molecule has 1 aromatic carbocycles. The molecule has 0 aliphatic carbocycles. The van der Waals surface area contributed by atoms with Crippen LogP contribution in [-0.4, -0.2) is 29.7 Å². The summed E-state index contributed by atoms with van der Waals surface area (Å²) in [6.45, 7) is 4.99. The molecule has 146 valence electrons. The zero-order valence-electron chi connectivity index (χ0n) is 15.8. The van der Waals surface area contributed by atoms with Crippen molar-refractivity contribution in [2.75, 3.05) is 5.75 Å². The van der Waals surface area contributed by atoms with Crippen LogP contribution in [0.5, 0.6) is 0 Å². The molecule has 0 unspecified atom stereocenters. The largest absolute Gasteiger partial charge is 0.444 e. The topological polar surface area (TPSA) is 96.1 Å². The van der Waals surface area contributed by atoms with Crippen LogP contribution in [0.25, 0.3) is 22.5 Å². The minimum atomic E-state index is -3.46. The molecule has 1 fully saturated rings. The first-order valence-electron chi connectivity index (χ1n) is 8.80. The van der Waals surface area contributed by atoms with Gasteiger partial charge in [-0.25, -0.2) is 13.4 Å². The zero-order valence-corrected chi connectivity index (χ0v) is 17.4. The molecule has 28 heavy (non-hydrogen) atoms. The molecule has 0 amide bonds. The number of thiophene rings is 1. The summed E-state index contributed by atoms with van der Waals surface area (Å²) in [5.74, 6) is 0.677. The summed E-state index contributed by atoms with van der Waals surface area (Å²) < 4.78 is 29.7. The first-order chi connectivity index (χ1) is 13.1. The first-order valence-corrected chi connectivity index (χ1v) is 11.3. The molecule has 1 aliphatic heterocycles. The molecule has 2 N–H and O–H groups in total. The van der Waals surface area contributed by atoms with Crippen molar-refractivity contribution in [3.05, 3.63) is 53.2 Å². The second-order valence-electron chi connectivity index (χ2n) is 7.75. The van der Waals surface area contributed by atoms with Crippen molar-refractivity contribution < 1.29 is 12.8 Å². The lowest BCUT2D eigenvalue weighted by molar-refractivity contribution is 0.450. The highest BCUT2D eigenvalue weighted by molar-refractivity contribution is 7.93. The van der Waals surface area contributed by atoms with Crippen molar-refractivity contribution in [2.24, 2.45) is 0 Å². The number of oxazole rings is 1. The molecule has 0 bridgehead atoms. The number of hydrogen-bond acceptors (Lipinski definition) is 6. The fraction of sp³-hybridized carbons (Fsp3) is 0.300. The number of benzene rings is 1. The van der Waals surface area contributed by atoms with Gasteiger partial charge in [-0.05, 0) is 49.4 Å². The van der Waals surface area contributed by atoms with E-state index in [2.05, 4.69) is 10.3 Å². The Bertz CT molecular complexity index is 1150. The molecular formula is C20H21N3O3S2. The zero-order chi connectivity index (χ0) is 20.2. The van der Waals surface area contributed by atoms with E-state index in [4.69, 9.17) is 9.83 Å². The van der Waals surface area contributed by atoms with E-state index in [1.807, 2.05) is 42.6 Å². The van der Waals surface area contributed by atoms with E-state index in [0.717, 1.165) is 21.6 Å². The summed E-state index contributed by atoms with van der Waals surface area (Å²) in [5, 5.41) is 13.4. The van der Waals surface area contributed by atoms with E-state index in [1.165, 1.54) is 17.7 Å².